The number of hydrogen-bond acceptors (Lipinski definition) is 2. The maximum absolute atomic E-state index is 3.70. The molecule has 2 atom stereocenters. The van der Waals surface area contributed by atoms with Gasteiger partial charge < -0.3 is 10.2 Å². The van der Waals surface area contributed by atoms with Crippen molar-refractivity contribution >= 4 is 0 Å². The minimum atomic E-state index is 0.120. The lowest BCUT2D eigenvalue weighted by molar-refractivity contribution is 0.113. The smallest absolute Gasteiger partial charge is 0.0506 e. The Hall–Kier alpha value is -0.860. The van der Waals surface area contributed by atoms with E-state index in [1.165, 1.54) is 16.7 Å². The fourth-order valence-electron chi connectivity index (χ4n) is 2.72. The third-order valence-corrected chi connectivity index (χ3v) is 4.51. The van der Waals surface area contributed by atoms with Crippen LogP contribution in [0.15, 0.2) is 18.2 Å². The van der Waals surface area contributed by atoms with E-state index in [1.54, 1.807) is 0 Å². The fourth-order valence-corrected chi connectivity index (χ4v) is 2.72. The summed E-state index contributed by atoms with van der Waals surface area (Å²) in [4.78, 5) is 2.35. The van der Waals surface area contributed by atoms with Crippen molar-refractivity contribution in [1.29, 1.82) is 0 Å². The van der Waals surface area contributed by atoms with E-state index in [2.05, 4.69) is 77.1 Å². The molecule has 2 unspecified atom stereocenters. The summed E-state index contributed by atoms with van der Waals surface area (Å²) in [6.07, 6.45) is 1.12. The first-order valence-electron chi connectivity index (χ1n) is 7.34. The lowest BCUT2D eigenvalue weighted by Gasteiger charge is -2.44. The first-order valence-corrected chi connectivity index (χ1v) is 7.34. The van der Waals surface area contributed by atoms with Gasteiger partial charge in [0.05, 0.1) is 6.04 Å². The number of hydrogen-bond donors (Lipinski definition) is 1. The van der Waals surface area contributed by atoms with Crippen molar-refractivity contribution in [2.45, 2.75) is 52.6 Å². The van der Waals surface area contributed by atoms with Crippen LogP contribution in [0.4, 0.5) is 0 Å². The second kappa shape index (κ2) is 6.53. The fraction of sp³-hybridized carbons (Fsp3) is 0.647. The maximum atomic E-state index is 3.70. The van der Waals surface area contributed by atoms with E-state index in [0.717, 1.165) is 13.0 Å². The lowest BCUT2D eigenvalue weighted by atomic mass is 9.81. The molecule has 1 rings (SSSR count). The van der Waals surface area contributed by atoms with Crippen LogP contribution in [0.5, 0.6) is 0 Å². The molecule has 0 aliphatic rings. The zero-order valence-electron chi connectivity index (χ0n) is 13.7. The zero-order chi connectivity index (χ0) is 14.6. The van der Waals surface area contributed by atoms with Gasteiger partial charge in [-0.05, 0) is 59.0 Å². The summed E-state index contributed by atoms with van der Waals surface area (Å²) in [6.45, 7) is 12.2. The van der Waals surface area contributed by atoms with Crippen LogP contribution in [0.2, 0.25) is 0 Å². The highest BCUT2D eigenvalue weighted by molar-refractivity contribution is 5.35. The van der Waals surface area contributed by atoms with E-state index in [4.69, 9.17) is 0 Å². The van der Waals surface area contributed by atoms with Crippen molar-refractivity contribution in [3.8, 4) is 0 Å². The predicted molar refractivity (Wildman–Crippen MR) is 84.7 cm³/mol. The number of nitrogens with one attached hydrogen (secondary N) is 1. The zero-order valence-corrected chi connectivity index (χ0v) is 13.7. The Balaban J connectivity index is 3.30. The van der Waals surface area contributed by atoms with Gasteiger partial charge in [-0.15, -0.1) is 0 Å². The molecular formula is C17H30N2. The molecule has 1 aromatic carbocycles. The number of benzene rings is 1. The Kier molecular flexibility index (Phi) is 5.57. The maximum Gasteiger partial charge on any atom is 0.0506 e. The monoisotopic (exact) mass is 262 g/mol. The van der Waals surface area contributed by atoms with E-state index in [0.29, 0.717) is 6.04 Å². The molecule has 0 saturated carbocycles. The summed E-state index contributed by atoms with van der Waals surface area (Å²) in [5.41, 5.74) is 4.26. The van der Waals surface area contributed by atoms with Crippen LogP contribution in [-0.4, -0.2) is 31.1 Å². The molecule has 0 bridgehead atoms. The Bertz CT molecular complexity index is 412. The molecule has 19 heavy (non-hydrogen) atoms. The molecule has 0 heterocycles. The highest BCUT2D eigenvalue weighted by Gasteiger charge is 2.35. The largest absolute Gasteiger partial charge is 0.309 e. The molecule has 2 heteroatoms. The highest BCUT2D eigenvalue weighted by Crippen LogP contribution is 2.34. The molecule has 0 aliphatic heterocycles. The molecule has 108 valence electrons. The standard InChI is InChI=1S/C17H30N2/c1-8-17(5,19(6)7)16(18-9-2)15-12-13(3)10-11-14(15)4/h10-12,16,18H,8-9H2,1-7H3. The third kappa shape index (κ3) is 3.37. The van der Waals surface area contributed by atoms with Gasteiger partial charge >= 0.3 is 0 Å². The van der Waals surface area contributed by atoms with Crippen LogP contribution in [-0.2, 0) is 0 Å². The second-order valence-electron chi connectivity index (χ2n) is 5.96. The van der Waals surface area contributed by atoms with Gasteiger partial charge in [-0.2, -0.15) is 0 Å². The minimum Gasteiger partial charge on any atom is -0.309 e. The van der Waals surface area contributed by atoms with Crippen molar-refractivity contribution in [3.63, 3.8) is 0 Å². The van der Waals surface area contributed by atoms with Crippen LogP contribution >= 0.6 is 0 Å². The van der Waals surface area contributed by atoms with Crippen molar-refractivity contribution in [1.82, 2.24) is 10.2 Å². The van der Waals surface area contributed by atoms with Crippen LogP contribution in [0.25, 0.3) is 0 Å². The molecule has 0 aromatic heterocycles. The lowest BCUT2D eigenvalue weighted by Crippen LogP contribution is -2.51. The molecule has 0 spiro atoms. The summed E-state index contributed by atoms with van der Waals surface area (Å²) >= 11 is 0. The normalized spacial score (nSPS) is 16.4. The first-order chi connectivity index (χ1) is 8.86. The topological polar surface area (TPSA) is 15.3 Å². The minimum absolute atomic E-state index is 0.120. The van der Waals surface area contributed by atoms with E-state index < -0.39 is 0 Å². The van der Waals surface area contributed by atoms with Gasteiger partial charge in [0.25, 0.3) is 0 Å². The number of likely N-dealkylation sites (N-methyl/N-ethyl adjacent to an activating group) is 2. The van der Waals surface area contributed by atoms with Crippen molar-refractivity contribution in [2.24, 2.45) is 0 Å². The van der Waals surface area contributed by atoms with E-state index >= 15 is 0 Å². The van der Waals surface area contributed by atoms with Gasteiger partial charge in [-0.1, -0.05) is 37.6 Å². The number of nitrogens with zero attached hydrogens (tertiary/aromatic N) is 1. The second-order valence-corrected chi connectivity index (χ2v) is 5.96. The number of rotatable bonds is 6. The molecule has 0 radical (unpaired) electrons. The van der Waals surface area contributed by atoms with Crippen LogP contribution in [0.3, 0.4) is 0 Å². The van der Waals surface area contributed by atoms with Crippen molar-refractivity contribution in [2.75, 3.05) is 20.6 Å². The molecule has 0 aliphatic carbocycles. The van der Waals surface area contributed by atoms with Gasteiger partial charge in [-0.25, -0.2) is 0 Å². The van der Waals surface area contributed by atoms with Crippen LogP contribution < -0.4 is 5.32 Å². The van der Waals surface area contributed by atoms with Crippen LogP contribution in [0.1, 0.15) is 49.9 Å². The van der Waals surface area contributed by atoms with Crippen molar-refractivity contribution in [3.05, 3.63) is 34.9 Å². The molecular weight excluding hydrogens is 232 g/mol. The molecule has 1 aromatic rings. The SMILES string of the molecule is CCNC(c1cc(C)ccc1C)C(C)(CC)N(C)C. The summed E-state index contributed by atoms with van der Waals surface area (Å²) in [5.74, 6) is 0. The summed E-state index contributed by atoms with van der Waals surface area (Å²) in [6, 6.07) is 7.12. The Labute approximate surface area is 119 Å². The molecule has 0 fully saturated rings. The first kappa shape index (κ1) is 16.2. The van der Waals surface area contributed by atoms with Gasteiger partial charge in [0.1, 0.15) is 0 Å². The summed E-state index contributed by atoms with van der Waals surface area (Å²) in [5, 5.41) is 3.70. The van der Waals surface area contributed by atoms with Gasteiger partial charge in [0.2, 0.25) is 0 Å². The van der Waals surface area contributed by atoms with Gasteiger partial charge in [-0.3, -0.25) is 0 Å². The van der Waals surface area contributed by atoms with Crippen LogP contribution in [0, 0.1) is 13.8 Å². The average molecular weight is 262 g/mol. The summed E-state index contributed by atoms with van der Waals surface area (Å²) < 4.78 is 0. The van der Waals surface area contributed by atoms with Gasteiger partial charge in [0, 0.05) is 5.54 Å². The summed E-state index contributed by atoms with van der Waals surface area (Å²) in [7, 11) is 4.36. The molecule has 1 N–H and O–H groups in total. The molecule has 0 amide bonds. The van der Waals surface area contributed by atoms with E-state index in [1.807, 2.05) is 0 Å². The molecule has 0 saturated heterocycles. The highest BCUT2D eigenvalue weighted by atomic mass is 15.2. The van der Waals surface area contributed by atoms with E-state index in [9.17, 15) is 0 Å². The Morgan fingerprint density at radius 2 is 1.84 bits per heavy atom. The Morgan fingerprint density at radius 3 is 2.32 bits per heavy atom. The quantitative estimate of drug-likeness (QED) is 0.841. The van der Waals surface area contributed by atoms with Gasteiger partial charge in [0.15, 0.2) is 0 Å². The Morgan fingerprint density at radius 1 is 1.21 bits per heavy atom. The average Bonchev–Trinajstić information content (AvgIpc) is 2.38. The van der Waals surface area contributed by atoms with Crippen molar-refractivity contribution < 1.29 is 0 Å². The van der Waals surface area contributed by atoms with E-state index in [-0.39, 0.29) is 5.54 Å². The third-order valence-electron chi connectivity index (χ3n) is 4.51. The number of aryl methyl sites for hydroxylation is 2. The molecule has 2 nitrogen and oxygen atoms in total. The predicted octanol–water partition coefficient (Wildman–Crippen LogP) is 3.68.